The van der Waals surface area contributed by atoms with E-state index in [9.17, 15) is 0 Å². The van der Waals surface area contributed by atoms with Crippen molar-refractivity contribution in [2.75, 3.05) is 5.32 Å². The predicted molar refractivity (Wildman–Crippen MR) is 76.1 cm³/mol. The molecular weight excluding hydrogens is 222 g/mol. The highest BCUT2D eigenvalue weighted by Gasteiger charge is 2.04. The molecule has 0 spiro atoms. The lowest BCUT2D eigenvalue weighted by molar-refractivity contribution is 0.540. The molecule has 0 bridgehead atoms. The third-order valence-corrected chi connectivity index (χ3v) is 2.87. The van der Waals surface area contributed by atoms with E-state index < -0.39 is 0 Å². The summed E-state index contributed by atoms with van der Waals surface area (Å²) in [6, 6.07) is 10.8. The van der Waals surface area contributed by atoms with Crippen molar-refractivity contribution in [2.24, 2.45) is 5.92 Å². The van der Waals surface area contributed by atoms with E-state index in [-0.39, 0.29) is 0 Å². The molecule has 2 aromatic rings. The fourth-order valence-corrected chi connectivity index (χ4v) is 2.18. The van der Waals surface area contributed by atoms with Crippen LogP contribution in [0, 0.1) is 5.92 Å². The van der Waals surface area contributed by atoms with E-state index >= 15 is 0 Å². The van der Waals surface area contributed by atoms with Gasteiger partial charge < -0.3 is 5.32 Å². The van der Waals surface area contributed by atoms with Gasteiger partial charge in [-0.15, -0.1) is 0 Å². The van der Waals surface area contributed by atoms with Gasteiger partial charge in [-0.05, 0) is 49.6 Å². The van der Waals surface area contributed by atoms with Crippen LogP contribution in [0.2, 0.25) is 0 Å². The third kappa shape index (κ3) is 3.36. The highest BCUT2D eigenvalue weighted by atomic mass is 15.3. The molecule has 96 valence electrons. The quantitative estimate of drug-likeness (QED) is 0.867. The summed E-state index contributed by atoms with van der Waals surface area (Å²) in [6.07, 6.45) is 4.92. The fourth-order valence-electron chi connectivity index (χ4n) is 2.18. The first-order valence-corrected chi connectivity index (χ1v) is 6.52. The lowest BCUT2D eigenvalue weighted by Gasteiger charge is -2.17. The Hall–Kier alpha value is -1.77. The van der Waals surface area contributed by atoms with E-state index in [0.29, 0.717) is 6.04 Å². The van der Waals surface area contributed by atoms with Gasteiger partial charge in [0, 0.05) is 24.1 Å². The fraction of sp³-hybridized carbons (Fsp3) is 0.400. The number of anilines is 1. The number of hydrogen-bond donors (Lipinski definition) is 1. The minimum absolute atomic E-state index is 0.501. The number of aromatic nitrogens is 2. The minimum atomic E-state index is 0.501. The highest BCUT2D eigenvalue weighted by Crippen LogP contribution is 2.15. The summed E-state index contributed by atoms with van der Waals surface area (Å²) in [5, 5.41) is 7.73. The minimum Gasteiger partial charge on any atom is -0.383 e. The lowest BCUT2D eigenvalue weighted by Crippen LogP contribution is -2.17. The van der Waals surface area contributed by atoms with E-state index in [1.54, 1.807) is 6.20 Å². The van der Waals surface area contributed by atoms with Crippen molar-refractivity contribution in [1.82, 2.24) is 9.78 Å². The zero-order valence-electron chi connectivity index (χ0n) is 11.3. The second-order valence-electron chi connectivity index (χ2n) is 5.17. The Balaban J connectivity index is 2.00. The van der Waals surface area contributed by atoms with Gasteiger partial charge in [-0.2, -0.15) is 5.10 Å². The third-order valence-electron chi connectivity index (χ3n) is 2.87. The molecule has 0 fully saturated rings. The second kappa shape index (κ2) is 5.71. The SMILES string of the molecule is CC(C)CC(C)Nc1ccc(-n2cccn2)cc1. The van der Waals surface area contributed by atoms with Crippen molar-refractivity contribution in [1.29, 1.82) is 0 Å². The number of rotatable bonds is 5. The Kier molecular flexibility index (Phi) is 4.03. The Bertz CT molecular complexity index is 457. The van der Waals surface area contributed by atoms with Gasteiger partial charge in [0.1, 0.15) is 0 Å². The zero-order valence-corrected chi connectivity index (χ0v) is 11.3. The van der Waals surface area contributed by atoms with Crippen LogP contribution in [-0.4, -0.2) is 15.8 Å². The van der Waals surface area contributed by atoms with E-state index in [0.717, 1.165) is 11.6 Å². The summed E-state index contributed by atoms with van der Waals surface area (Å²) in [4.78, 5) is 0. The first-order chi connectivity index (χ1) is 8.65. The predicted octanol–water partition coefficient (Wildman–Crippen LogP) is 3.72. The molecule has 0 aliphatic rings. The van der Waals surface area contributed by atoms with Crippen molar-refractivity contribution >= 4 is 5.69 Å². The molecule has 18 heavy (non-hydrogen) atoms. The zero-order chi connectivity index (χ0) is 13.0. The molecule has 1 heterocycles. The Morgan fingerprint density at radius 1 is 1.17 bits per heavy atom. The summed E-state index contributed by atoms with van der Waals surface area (Å²) < 4.78 is 1.86. The van der Waals surface area contributed by atoms with Crippen LogP contribution < -0.4 is 5.32 Å². The summed E-state index contributed by atoms with van der Waals surface area (Å²) >= 11 is 0. The van der Waals surface area contributed by atoms with E-state index in [1.165, 1.54) is 12.1 Å². The van der Waals surface area contributed by atoms with Crippen molar-refractivity contribution in [2.45, 2.75) is 33.2 Å². The number of hydrogen-bond acceptors (Lipinski definition) is 2. The molecule has 0 aliphatic carbocycles. The lowest BCUT2D eigenvalue weighted by atomic mass is 10.1. The maximum atomic E-state index is 4.21. The maximum absolute atomic E-state index is 4.21. The molecule has 3 nitrogen and oxygen atoms in total. The summed E-state index contributed by atoms with van der Waals surface area (Å²) in [5.41, 5.74) is 2.25. The first kappa shape index (κ1) is 12.7. The monoisotopic (exact) mass is 243 g/mol. The second-order valence-corrected chi connectivity index (χ2v) is 5.17. The Morgan fingerprint density at radius 3 is 2.44 bits per heavy atom. The van der Waals surface area contributed by atoms with Gasteiger partial charge in [0.05, 0.1) is 5.69 Å². The Labute approximate surface area is 109 Å². The van der Waals surface area contributed by atoms with Gasteiger partial charge in [0.15, 0.2) is 0 Å². The van der Waals surface area contributed by atoms with Crippen LogP contribution in [0.4, 0.5) is 5.69 Å². The first-order valence-electron chi connectivity index (χ1n) is 6.52. The molecule has 3 heteroatoms. The smallest absolute Gasteiger partial charge is 0.0647 e. The van der Waals surface area contributed by atoms with Gasteiger partial charge in [-0.3, -0.25) is 0 Å². The average Bonchev–Trinajstić information content (AvgIpc) is 2.82. The topological polar surface area (TPSA) is 29.9 Å². The molecule has 0 aliphatic heterocycles. The molecule has 1 N–H and O–H groups in total. The summed E-state index contributed by atoms with van der Waals surface area (Å²) in [6.45, 7) is 6.72. The van der Waals surface area contributed by atoms with E-state index in [2.05, 4.69) is 55.5 Å². The standard InChI is InChI=1S/C15H21N3/c1-12(2)11-13(3)17-14-5-7-15(8-6-14)18-10-4-9-16-18/h4-10,12-13,17H,11H2,1-3H3. The largest absolute Gasteiger partial charge is 0.383 e. The maximum Gasteiger partial charge on any atom is 0.0647 e. The number of nitrogens with zero attached hydrogens (tertiary/aromatic N) is 2. The highest BCUT2D eigenvalue weighted by molar-refractivity contribution is 5.48. The van der Waals surface area contributed by atoms with Crippen LogP contribution in [0.15, 0.2) is 42.7 Å². The van der Waals surface area contributed by atoms with Gasteiger partial charge in [-0.1, -0.05) is 13.8 Å². The van der Waals surface area contributed by atoms with Crippen LogP contribution in [0.3, 0.4) is 0 Å². The molecular formula is C15H21N3. The van der Waals surface area contributed by atoms with Crippen LogP contribution in [0.1, 0.15) is 27.2 Å². The van der Waals surface area contributed by atoms with Crippen molar-refractivity contribution in [3.05, 3.63) is 42.7 Å². The van der Waals surface area contributed by atoms with Gasteiger partial charge in [-0.25, -0.2) is 4.68 Å². The normalized spacial score (nSPS) is 12.7. The molecule has 0 amide bonds. The van der Waals surface area contributed by atoms with E-state index in [1.807, 2.05) is 16.9 Å². The molecule has 2 rings (SSSR count). The van der Waals surface area contributed by atoms with Gasteiger partial charge >= 0.3 is 0 Å². The van der Waals surface area contributed by atoms with Crippen LogP contribution in [-0.2, 0) is 0 Å². The summed E-state index contributed by atoms with van der Waals surface area (Å²) in [7, 11) is 0. The van der Waals surface area contributed by atoms with Gasteiger partial charge in [0.25, 0.3) is 0 Å². The molecule has 1 unspecified atom stereocenters. The van der Waals surface area contributed by atoms with Crippen LogP contribution in [0.25, 0.3) is 5.69 Å². The number of nitrogens with one attached hydrogen (secondary N) is 1. The van der Waals surface area contributed by atoms with Crippen molar-refractivity contribution in [3.8, 4) is 5.69 Å². The number of benzene rings is 1. The molecule has 0 saturated heterocycles. The molecule has 1 aromatic heterocycles. The van der Waals surface area contributed by atoms with E-state index in [4.69, 9.17) is 0 Å². The molecule has 1 aromatic carbocycles. The molecule has 1 atom stereocenters. The molecule has 0 saturated carbocycles. The average molecular weight is 243 g/mol. The van der Waals surface area contributed by atoms with Gasteiger partial charge in [0.2, 0.25) is 0 Å². The van der Waals surface area contributed by atoms with Crippen molar-refractivity contribution < 1.29 is 0 Å². The molecule has 0 radical (unpaired) electrons. The summed E-state index contributed by atoms with van der Waals surface area (Å²) in [5.74, 6) is 0.718. The van der Waals surface area contributed by atoms with Crippen LogP contribution in [0.5, 0.6) is 0 Å². The Morgan fingerprint density at radius 2 is 1.89 bits per heavy atom. The van der Waals surface area contributed by atoms with Crippen molar-refractivity contribution in [3.63, 3.8) is 0 Å². The van der Waals surface area contributed by atoms with Crippen LogP contribution >= 0.6 is 0 Å².